The van der Waals surface area contributed by atoms with Gasteiger partial charge in [0.25, 0.3) is 0 Å². The second kappa shape index (κ2) is 6.17. The quantitative estimate of drug-likeness (QED) is 0.827. The van der Waals surface area contributed by atoms with E-state index in [1.165, 1.54) is 6.07 Å². The van der Waals surface area contributed by atoms with E-state index < -0.39 is 22.4 Å². The summed E-state index contributed by atoms with van der Waals surface area (Å²) in [5, 5.41) is 9.16. The molecule has 20 heavy (non-hydrogen) atoms. The third-order valence-corrected chi connectivity index (χ3v) is 4.91. The Morgan fingerprint density at radius 2 is 2.15 bits per heavy atom. The zero-order chi connectivity index (χ0) is 14.8. The van der Waals surface area contributed by atoms with Crippen LogP contribution in [0.2, 0.25) is 0 Å². The van der Waals surface area contributed by atoms with E-state index in [0.717, 1.165) is 12.1 Å². The fourth-order valence-corrected chi connectivity index (χ4v) is 3.73. The lowest BCUT2D eigenvalue weighted by Gasteiger charge is -2.35. The summed E-state index contributed by atoms with van der Waals surface area (Å²) >= 11 is 0. The Kier molecular flexibility index (Phi) is 4.74. The predicted octanol–water partition coefficient (Wildman–Crippen LogP) is 1.16. The topological polar surface area (TPSA) is 75.6 Å². The van der Waals surface area contributed by atoms with Crippen molar-refractivity contribution in [3.8, 4) is 0 Å². The molecule has 2 rings (SSSR count). The molecule has 7 heteroatoms. The second-order valence-electron chi connectivity index (χ2n) is 4.78. The van der Waals surface area contributed by atoms with Gasteiger partial charge in [0.15, 0.2) is 0 Å². The molecule has 0 heterocycles. The van der Waals surface area contributed by atoms with Crippen molar-refractivity contribution in [3.63, 3.8) is 0 Å². The van der Waals surface area contributed by atoms with Crippen molar-refractivity contribution in [2.45, 2.75) is 43.4 Å². The number of sulfonamides is 1. The Labute approximate surface area is 117 Å². The minimum Gasteiger partial charge on any atom is -0.392 e. The van der Waals surface area contributed by atoms with Crippen molar-refractivity contribution in [2.75, 3.05) is 6.61 Å². The first kappa shape index (κ1) is 15.4. The first-order chi connectivity index (χ1) is 9.46. The number of halogens is 1. The Morgan fingerprint density at radius 3 is 2.75 bits per heavy atom. The van der Waals surface area contributed by atoms with Crippen molar-refractivity contribution < 1.29 is 22.7 Å². The predicted molar refractivity (Wildman–Crippen MR) is 71.1 cm³/mol. The molecule has 1 saturated carbocycles. The summed E-state index contributed by atoms with van der Waals surface area (Å²) in [6, 6.07) is 3.12. The first-order valence-electron chi connectivity index (χ1n) is 6.49. The smallest absolute Gasteiger partial charge is 0.241 e. The van der Waals surface area contributed by atoms with Crippen LogP contribution in [0.1, 0.15) is 25.3 Å². The highest BCUT2D eigenvalue weighted by molar-refractivity contribution is 7.89. The minimum atomic E-state index is -3.83. The maximum atomic E-state index is 13.2. The number of aliphatic hydroxyl groups excluding tert-OH is 1. The van der Waals surface area contributed by atoms with E-state index in [4.69, 9.17) is 9.84 Å². The lowest BCUT2D eigenvalue weighted by atomic mass is 9.90. The van der Waals surface area contributed by atoms with Crippen molar-refractivity contribution >= 4 is 10.0 Å². The third-order valence-electron chi connectivity index (χ3n) is 3.31. The van der Waals surface area contributed by atoms with Gasteiger partial charge in [-0.25, -0.2) is 17.5 Å². The molecule has 0 bridgehead atoms. The average molecular weight is 303 g/mol. The van der Waals surface area contributed by atoms with Crippen molar-refractivity contribution in [1.82, 2.24) is 4.72 Å². The summed E-state index contributed by atoms with van der Waals surface area (Å²) in [5.74, 6) is -0.650. The Balaban J connectivity index is 2.10. The van der Waals surface area contributed by atoms with Gasteiger partial charge in [0.05, 0.1) is 17.6 Å². The largest absolute Gasteiger partial charge is 0.392 e. The molecule has 1 aliphatic carbocycles. The molecule has 0 amide bonds. The summed E-state index contributed by atoms with van der Waals surface area (Å²) in [7, 11) is -3.83. The van der Waals surface area contributed by atoms with Crippen LogP contribution in [-0.4, -0.2) is 32.3 Å². The lowest BCUT2D eigenvalue weighted by molar-refractivity contribution is -0.00476. The van der Waals surface area contributed by atoms with Gasteiger partial charge in [0, 0.05) is 12.6 Å². The highest BCUT2D eigenvalue weighted by Gasteiger charge is 2.33. The zero-order valence-corrected chi connectivity index (χ0v) is 12.0. The van der Waals surface area contributed by atoms with Crippen LogP contribution in [0.5, 0.6) is 0 Å². The molecular weight excluding hydrogens is 285 g/mol. The standard InChI is InChI=1S/C13H18FNO4S/c1-2-19-12-6-11(7-12)15-20(17,18)13-5-10(14)4-3-9(13)8-16/h3-5,11-12,15-16H,2,6-8H2,1H3. The molecule has 0 unspecified atom stereocenters. The van der Waals surface area contributed by atoms with Gasteiger partial charge in [0.1, 0.15) is 5.82 Å². The molecule has 1 aliphatic rings. The van der Waals surface area contributed by atoms with Gasteiger partial charge >= 0.3 is 0 Å². The summed E-state index contributed by atoms with van der Waals surface area (Å²) < 4.78 is 45.5. The molecule has 5 nitrogen and oxygen atoms in total. The van der Waals surface area contributed by atoms with Gasteiger partial charge in [0.2, 0.25) is 10.0 Å². The van der Waals surface area contributed by atoms with Gasteiger partial charge in [-0.2, -0.15) is 0 Å². The maximum absolute atomic E-state index is 13.2. The summed E-state index contributed by atoms with van der Waals surface area (Å²) in [4.78, 5) is -0.208. The van der Waals surface area contributed by atoms with E-state index in [9.17, 15) is 12.8 Å². The molecule has 112 valence electrons. The highest BCUT2D eigenvalue weighted by Crippen LogP contribution is 2.26. The molecule has 2 N–H and O–H groups in total. The lowest BCUT2D eigenvalue weighted by Crippen LogP contribution is -2.47. The van der Waals surface area contributed by atoms with Crippen LogP contribution in [0.15, 0.2) is 23.1 Å². The van der Waals surface area contributed by atoms with Gasteiger partial charge in [-0.3, -0.25) is 0 Å². The highest BCUT2D eigenvalue weighted by atomic mass is 32.2. The number of ether oxygens (including phenoxy) is 1. The summed E-state index contributed by atoms with van der Waals surface area (Å²) in [6.45, 7) is 2.03. The second-order valence-corrected chi connectivity index (χ2v) is 6.46. The molecule has 0 aliphatic heterocycles. The normalized spacial score (nSPS) is 22.6. The first-order valence-corrected chi connectivity index (χ1v) is 7.97. The molecular formula is C13H18FNO4S. The van der Waals surface area contributed by atoms with E-state index in [0.29, 0.717) is 19.4 Å². The molecule has 0 spiro atoms. The van der Waals surface area contributed by atoms with E-state index >= 15 is 0 Å². The summed E-state index contributed by atoms with van der Waals surface area (Å²) in [6.07, 6.45) is 1.30. The molecule has 0 atom stereocenters. The number of rotatable bonds is 6. The number of benzene rings is 1. The molecule has 0 saturated heterocycles. The van der Waals surface area contributed by atoms with Crippen molar-refractivity contribution in [3.05, 3.63) is 29.6 Å². The van der Waals surface area contributed by atoms with Crippen LogP contribution < -0.4 is 4.72 Å². The van der Waals surface area contributed by atoms with Gasteiger partial charge in [-0.1, -0.05) is 6.07 Å². The Bertz CT molecular complexity index is 570. The van der Waals surface area contributed by atoms with Crippen LogP contribution >= 0.6 is 0 Å². The van der Waals surface area contributed by atoms with Crippen LogP contribution in [0.3, 0.4) is 0 Å². The fraction of sp³-hybridized carbons (Fsp3) is 0.538. The average Bonchev–Trinajstić information content (AvgIpc) is 2.36. The zero-order valence-electron chi connectivity index (χ0n) is 11.2. The van der Waals surface area contributed by atoms with Gasteiger partial charge in [-0.05, 0) is 37.5 Å². The van der Waals surface area contributed by atoms with Crippen LogP contribution in [0, 0.1) is 5.82 Å². The number of nitrogens with one attached hydrogen (secondary N) is 1. The molecule has 0 radical (unpaired) electrons. The van der Waals surface area contributed by atoms with E-state index in [1.54, 1.807) is 0 Å². The maximum Gasteiger partial charge on any atom is 0.241 e. The van der Waals surface area contributed by atoms with Crippen molar-refractivity contribution in [1.29, 1.82) is 0 Å². The van der Waals surface area contributed by atoms with E-state index in [2.05, 4.69) is 4.72 Å². The van der Waals surface area contributed by atoms with Gasteiger partial charge in [-0.15, -0.1) is 0 Å². The summed E-state index contributed by atoms with van der Waals surface area (Å²) in [5.41, 5.74) is 0.180. The van der Waals surface area contributed by atoms with E-state index in [-0.39, 0.29) is 22.6 Å². The van der Waals surface area contributed by atoms with Crippen molar-refractivity contribution in [2.24, 2.45) is 0 Å². The Hall–Kier alpha value is -1.02. The molecule has 1 aromatic carbocycles. The monoisotopic (exact) mass is 303 g/mol. The number of hydrogen-bond acceptors (Lipinski definition) is 4. The van der Waals surface area contributed by atoms with Gasteiger partial charge < -0.3 is 9.84 Å². The molecule has 0 aromatic heterocycles. The minimum absolute atomic E-state index is 0.0810. The SMILES string of the molecule is CCOC1CC(NS(=O)(=O)c2cc(F)ccc2CO)C1. The number of aliphatic hydroxyl groups is 1. The van der Waals surface area contributed by atoms with Crippen LogP contribution in [-0.2, 0) is 21.4 Å². The molecule has 1 fully saturated rings. The fourth-order valence-electron chi connectivity index (χ4n) is 2.23. The number of hydrogen-bond donors (Lipinski definition) is 2. The van der Waals surface area contributed by atoms with E-state index in [1.807, 2.05) is 6.92 Å². The van der Waals surface area contributed by atoms with Crippen LogP contribution in [0.4, 0.5) is 4.39 Å². The van der Waals surface area contributed by atoms with Crippen LogP contribution in [0.25, 0.3) is 0 Å². The molecule has 1 aromatic rings. The Morgan fingerprint density at radius 1 is 1.45 bits per heavy atom. The third kappa shape index (κ3) is 3.35.